The van der Waals surface area contributed by atoms with Crippen LogP contribution >= 0.6 is 0 Å². The fraction of sp³-hybridized carbons (Fsp3) is 0.300. The molecule has 0 atom stereocenters. The summed E-state index contributed by atoms with van der Waals surface area (Å²) >= 11 is 0. The van der Waals surface area contributed by atoms with Crippen LogP contribution in [0, 0.1) is 20.8 Å². The van der Waals surface area contributed by atoms with E-state index in [1.807, 2.05) is 0 Å². The number of aromatic nitrogens is 4. The van der Waals surface area contributed by atoms with Crippen molar-refractivity contribution in [2.24, 2.45) is 0 Å². The fourth-order valence-electron chi connectivity index (χ4n) is 2.97. The van der Waals surface area contributed by atoms with Gasteiger partial charge in [0.2, 0.25) is 11.9 Å². The Morgan fingerprint density at radius 1 is 1.03 bits per heavy atom. The number of carbonyl (C=O) groups is 1. The second-order valence-corrected chi connectivity index (χ2v) is 8.98. The molecule has 0 fully saturated rings. The number of nitrogens with zero attached hydrogens (tertiary/aromatic N) is 4. The Labute approximate surface area is 188 Å². The summed E-state index contributed by atoms with van der Waals surface area (Å²) in [5, 5.41) is 6.04. The van der Waals surface area contributed by atoms with Crippen molar-refractivity contribution in [1.82, 2.24) is 19.7 Å². The molecule has 3 aromatic rings. The Morgan fingerprint density at radius 3 is 2.18 bits per heavy atom. The zero-order chi connectivity index (χ0) is 24.4. The Hall–Kier alpha value is -3.48. The number of hydrogen-bond donors (Lipinski definition) is 2. The minimum atomic E-state index is -4.56. The quantitative estimate of drug-likeness (QED) is 0.533. The van der Waals surface area contributed by atoms with Crippen LogP contribution < -0.4 is 10.0 Å². The molecule has 2 aromatic heterocycles. The number of rotatable bonds is 7. The number of hydrogen-bond acceptors (Lipinski definition) is 6. The monoisotopic (exact) mass is 482 g/mol. The third-order valence-corrected chi connectivity index (χ3v) is 5.82. The third-order valence-electron chi connectivity index (χ3n) is 4.48. The van der Waals surface area contributed by atoms with E-state index in [-0.39, 0.29) is 29.5 Å². The molecule has 1 amide bonds. The predicted molar refractivity (Wildman–Crippen MR) is 114 cm³/mol. The van der Waals surface area contributed by atoms with Crippen LogP contribution in [0.15, 0.2) is 41.3 Å². The molecule has 0 aliphatic rings. The van der Waals surface area contributed by atoms with Gasteiger partial charge in [0, 0.05) is 35.7 Å². The van der Waals surface area contributed by atoms with E-state index in [9.17, 15) is 26.4 Å². The van der Waals surface area contributed by atoms with Crippen LogP contribution in [0.5, 0.6) is 0 Å². The van der Waals surface area contributed by atoms with Crippen LogP contribution in [0.25, 0.3) is 0 Å². The van der Waals surface area contributed by atoms with Crippen LogP contribution in [0.4, 0.5) is 24.8 Å². The second-order valence-electron chi connectivity index (χ2n) is 7.29. The molecule has 0 spiro atoms. The van der Waals surface area contributed by atoms with E-state index < -0.39 is 27.8 Å². The van der Waals surface area contributed by atoms with E-state index in [1.54, 1.807) is 19.9 Å². The Balaban J connectivity index is 1.61. The van der Waals surface area contributed by atoms with Gasteiger partial charge in [0.05, 0.1) is 4.90 Å². The van der Waals surface area contributed by atoms with Gasteiger partial charge in [-0.2, -0.15) is 18.3 Å². The lowest BCUT2D eigenvalue weighted by atomic mass is 10.3. The highest BCUT2D eigenvalue weighted by atomic mass is 32.2. The molecule has 0 aliphatic heterocycles. The molecule has 0 radical (unpaired) electrons. The molecule has 176 valence electrons. The highest BCUT2D eigenvalue weighted by molar-refractivity contribution is 7.92. The minimum absolute atomic E-state index is 0.0416. The molecular weight excluding hydrogens is 461 g/mol. The molecule has 0 unspecified atom stereocenters. The zero-order valence-electron chi connectivity index (χ0n) is 17.9. The number of amides is 1. The van der Waals surface area contributed by atoms with Crippen molar-refractivity contribution in [3.05, 3.63) is 59.2 Å². The van der Waals surface area contributed by atoms with E-state index in [4.69, 9.17) is 0 Å². The van der Waals surface area contributed by atoms with Gasteiger partial charge in [-0.15, -0.1) is 0 Å². The summed E-state index contributed by atoms with van der Waals surface area (Å²) in [7, 11) is -3.94. The molecule has 1 aromatic carbocycles. The van der Waals surface area contributed by atoms with Crippen molar-refractivity contribution in [2.75, 3.05) is 10.0 Å². The number of sulfonamides is 1. The average molecular weight is 482 g/mol. The normalized spacial score (nSPS) is 11.9. The average Bonchev–Trinajstić information content (AvgIpc) is 3.07. The van der Waals surface area contributed by atoms with Crippen molar-refractivity contribution in [3.63, 3.8) is 0 Å². The number of nitrogens with one attached hydrogen (secondary N) is 2. The van der Waals surface area contributed by atoms with Gasteiger partial charge >= 0.3 is 6.18 Å². The van der Waals surface area contributed by atoms with Gasteiger partial charge in [-0.1, -0.05) is 0 Å². The summed E-state index contributed by atoms with van der Waals surface area (Å²) in [5.41, 5.74) is 0.813. The van der Waals surface area contributed by atoms with E-state index in [0.717, 1.165) is 10.7 Å². The molecule has 2 heterocycles. The molecule has 13 heteroatoms. The summed E-state index contributed by atoms with van der Waals surface area (Å²) < 4.78 is 66.7. The van der Waals surface area contributed by atoms with Gasteiger partial charge in [0.1, 0.15) is 0 Å². The summed E-state index contributed by atoms with van der Waals surface area (Å²) in [4.78, 5) is 20.2. The molecule has 2 N–H and O–H groups in total. The first-order valence-electron chi connectivity index (χ1n) is 9.70. The number of alkyl halides is 3. The number of benzene rings is 1. The predicted octanol–water partition coefficient (Wildman–Crippen LogP) is 3.45. The SMILES string of the molecule is Cc1cc(C)nc(NS(=O)(=O)c2ccc(NC(=O)CCn3nc(C(F)(F)F)cc3C)cc2)n1. The first-order chi connectivity index (χ1) is 15.3. The Morgan fingerprint density at radius 2 is 1.64 bits per heavy atom. The van der Waals surface area contributed by atoms with Crippen LogP contribution in [0.3, 0.4) is 0 Å². The lowest BCUT2D eigenvalue weighted by molar-refractivity contribution is -0.141. The molecule has 3 rings (SSSR count). The molecule has 0 saturated carbocycles. The van der Waals surface area contributed by atoms with Gasteiger partial charge in [-0.05, 0) is 57.2 Å². The van der Waals surface area contributed by atoms with Gasteiger partial charge in [0.15, 0.2) is 5.69 Å². The van der Waals surface area contributed by atoms with Crippen LogP contribution in [0.1, 0.15) is 29.2 Å². The summed E-state index contributed by atoms with van der Waals surface area (Å²) in [6, 6.07) is 8.01. The topological polar surface area (TPSA) is 119 Å². The van der Waals surface area contributed by atoms with Gasteiger partial charge in [0.25, 0.3) is 10.0 Å². The molecule has 9 nitrogen and oxygen atoms in total. The summed E-state index contributed by atoms with van der Waals surface area (Å²) in [6.07, 6.45) is -4.68. The first-order valence-corrected chi connectivity index (χ1v) is 11.2. The van der Waals surface area contributed by atoms with Gasteiger partial charge in [-0.3, -0.25) is 9.48 Å². The fourth-order valence-corrected chi connectivity index (χ4v) is 3.92. The second kappa shape index (κ2) is 9.17. The van der Waals surface area contributed by atoms with Crippen molar-refractivity contribution in [2.45, 2.75) is 44.8 Å². The standard InChI is InChI=1S/C20H21F3N6O3S/c1-12-10-13(2)25-19(24-12)28-33(31,32)16-6-4-15(5-7-16)26-18(30)8-9-29-14(3)11-17(27-29)20(21,22)23/h4-7,10-11H,8-9H2,1-3H3,(H,26,30)(H,24,25,28). The van der Waals surface area contributed by atoms with Gasteiger partial charge in [-0.25, -0.2) is 23.1 Å². The Bertz CT molecular complexity index is 1250. The zero-order valence-corrected chi connectivity index (χ0v) is 18.8. The maximum atomic E-state index is 12.7. The Kier molecular flexibility index (Phi) is 6.72. The molecule has 0 bridgehead atoms. The third kappa shape index (κ3) is 6.28. The van der Waals surface area contributed by atoms with E-state index >= 15 is 0 Å². The van der Waals surface area contributed by atoms with Crippen LogP contribution in [-0.4, -0.2) is 34.1 Å². The van der Waals surface area contributed by atoms with Crippen molar-refractivity contribution in [1.29, 1.82) is 0 Å². The lowest BCUT2D eigenvalue weighted by Crippen LogP contribution is -2.17. The van der Waals surface area contributed by atoms with E-state index in [2.05, 4.69) is 25.1 Å². The maximum Gasteiger partial charge on any atom is 0.435 e. The van der Waals surface area contributed by atoms with Crippen molar-refractivity contribution >= 4 is 27.6 Å². The highest BCUT2D eigenvalue weighted by Gasteiger charge is 2.34. The van der Waals surface area contributed by atoms with Crippen LogP contribution in [0.2, 0.25) is 0 Å². The van der Waals surface area contributed by atoms with Crippen molar-refractivity contribution in [3.8, 4) is 0 Å². The molecular formula is C20H21F3N6O3S. The minimum Gasteiger partial charge on any atom is -0.326 e. The van der Waals surface area contributed by atoms with E-state index in [1.165, 1.54) is 31.2 Å². The summed E-state index contributed by atoms with van der Waals surface area (Å²) in [6.45, 7) is 4.86. The van der Waals surface area contributed by atoms with Crippen LogP contribution in [-0.2, 0) is 27.5 Å². The van der Waals surface area contributed by atoms with Crippen molar-refractivity contribution < 1.29 is 26.4 Å². The number of carbonyl (C=O) groups excluding carboxylic acids is 1. The molecule has 33 heavy (non-hydrogen) atoms. The lowest BCUT2D eigenvalue weighted by Gasteiger charge is -2.10. The molecule has 0 aliphatic carbocycles. The number of anilines is 2. The largest absolute Gasteiger partial charge is 0.435 e. The first kappa shape index (κ1) is 24.2. The maximum absolute atomic E-state index is 12.7. The van der Waals surface area contributed by atoms with Gasteiger partial charge < -0.3 is 5.32 Å². The number of halogens is 3. The molecule has 0 saturated heterocycles. The summed E-state index contributed by atoms with van der Waals surface area (Å²) in [5.74, 6) is -0.511. The number of aryl methyl sites for hydroxylation is 4. The highest BCUT2D eigenvalue weighted by Crippen LogP contribution is 2.28. The van der Waals surface area contributed by atoms with E-state index in [0.29, 0.717) is 17.1 Å². The smallest absolute Gasteiger partial charge is 0.326 e.